The maximum Gasteiger partial charge on any atom is 0.255 e. The van der Waals surface area contributed by atoms with Crippen LogP contribution in [0.2, 0.25) is 5.02 Å². The topological polar surface area (TPSA) is 79.6 Å². The fraction of sp³-hybridized carbons (Fsp3) is 0.400. The number of rotatable bonds is 3. The van der Waals surface area contributed by atoms with Crippen molar-refractivity contribution in [3.05, 3.63) is 34.9 Å². The Morgan fingerprint density at radius 2 is 2.36 bits per heavy atom. The number of nitrogens with one attached hydrogen (secondary N) is 2. The van der Waals surface area contributed by atoms with Gasteiger partial charge in [0.1, 0.15) is 5.75 Å². The molecule has 0 aliphatic carbocycles. The van der Waals surface area contributed by atoms with Crippen LogP contribution in [0.3, 0.4) is 0 Å². The number of nitrogens with two attached hydrogens (primary N) is 1. The molecule has 1 saturated heterocycles. The third-order valence-electron chi connectivity index (χ3n) is 3.98. The summed E-state index contributed by atoms with van der Waals surface area (Å²) in [7, 11) is 1.50. The Hall–Kier alpha value is -1.76. The van der Waals surface area contributed by atoms with E-state index >= 15 is 0 Å². The second-order valence-electron chi connectivity index (χ2n) is 5.48. The summed E-state index contributed by atoms with van der Waals surface area (Å²) >= 11 is 6.01. The number of carbonyl (C=O) groups excluding carboxylic acids is 1. The zero-order chi connectivity index (χ0) is 15.7. The lowest BCUT2D eigenvalue weighted by Crippen LogP contribution is -2.59. The summed E-state index contributed by atoms with van der Waals surface area (Å²) in [4.78, 5) is 14.8. The standard InChI is InChI=1S/C15H19ClN4O2/c1-22-13-6-12(17)11(16)5-10(13)15(21)19-9-7-18-14-3-2-4-20(14)8-9/h2-3,5-6,9,14,18H,4,7-8,17H2,1H3,(H,19,21). The van der Waals surface area contributed by atoms with Gasteiger partial charge in [0.05, 0.1) is 35.6 Å². The van der Waals surface area contributed by atoms with Crippen molar-refractivity contribution >= 4 is 23.2 Å². The van der Waals surface area contributed by atoms with E-state index in [1.165, 1.54) is 7.11 Å². The zero-order valence-electron chi connectivity index (χ0n) is 12.3. The first kappa shape index (κ1) is 15.1. The van der Waals surface area contributed by atoms with Crippen LogP contribution in [-0.2, 0) is 0 Å². The van der Waals surface area contributed by atoms with Gasteiger partial charge >= 0.3 is 0 Å². The minimum absolute atomic E-state index is 0.0321. The lowest BCUT2D eigenvalue weighted by Gasteiger charge is -2.36. The number of nitrogen functional groups attached to an aromatic ring is 1. The zero-order valence-corrected chi connectivity index (χ0v) is 13.1. The lowest BCUT2D eigenvalue weighted by atomic mass is 10.1. The Kier molecular flexibility index (Phi) is 4.24. The number of carbonyl (C=O) groups is 1. The summed E-state index contributed by atoms with van der Waals surface area (Å²) in [6.07, 6.45) is 4.56. The summed E-state index contributed by atoms with van der Waals surface area (Å²) in [5.74, 6) is 0.208. The van der Waals surface area contributed by atoms with Crippen molar-refractivity contribution in [2.75, 3.05) is 32.5 Å². The maximum atomic E-state index is 12.5. The number of nitrogens with zero attached hydrogens (tertiary/aromatic N) is 1. The Morgan fingerprint density at radius 1 is 1.55 bits per heavy atom. The van der Waals surface area contributed by atoms with Gasteiger partial charge in [0.2, 0.25) is 0 Å². The van der Waals surface area contributed by atoms with Gasteiger partial charge in [-0.05, 0) is 6.07 Å². The van der Waals surface area contributed by atoms with Crippen molar-refractivity contribution < 1.29 is 9.53 Å². The SMILES string of the molecule is COc1cc(N)c(Cl)cc1C(=O)NC1CNC2C=CCN2C1. The summed E-state index contributed by atoms with van der Waals surface area (Å²) in [6, 6.07) is 3.14. The highest BCUT2D eigenvalue weighted by Gasteiger charge is 2.29. The molecule has 4 N–H and O–H groups in total. The molecule has 118 valence electrons. The normalized spacial score (nSPS) is 24.1. The molecule has 2 aliphatic heterocycles. The van der Waals surface area contributed by atoms with Crippen molar-refractivity contribution in [2.45, 2.75) is 12.2 Å². The average Bonchev–Trinajstić information content (AvgIpc) is 2.97. The largest absolute Gasteiger partial charge is 0.496 e. The van der Waals surface area contributed by atoms with Gasteiger partial charge in [0, 0.05) is 25.7 Å². The van der Waals surface area contributed by atoms with Gasteiger partial charge < -0.3 is 15.8 Å². The molecule has 2 aliphatic rings. The number of methoxy groups -OCH3 is 1. The van der Waals surface area contributed by atoms with Crippen LogP contribution in [0.4, 0.5) is 5.69 Å². The van der Waals surface area contributed by atoms with Crippen molar-refractivity contribution in [1.82, 2.24) is 15.5 Å². The Labute approximate surface area is 134 Å². The Morgan fingerprint density at radius 3 is 3.14 bits per heavy atom. The molecule has 0 radical (unpaired) electrons. The molecule has 7 heteroatoms. The third-order valence-corrected chi connectivity index (χ3v) is 4.31. The van der Waals surface area contributed by atoms with E-state index in [4.69, 9.17) is 22.1 Å². The molecule has 1 amide bonds. The highest BCUT2D eigenvalue weighted by atomic mass is 35.5. The van der Waals surface area contributed by atoms with Crippen molar-refractivity contribution in [2.24, 2.45) is 0 Å². The molecule has 2 heterocycles. The van der Waals surface area contributed by atoms with E-state index < -0.39 is 0 Å². The summed E-state index contributed by atoms with van der Waals surface area (Å²) < 4.78 is 5.23. The maximum absolute atomic E-state index is 12.5. The molecule has 1 fully saturated rings. The van der Waals surface area contributed by atoms with Crippen molar-refractivity contribution in [3.63, 3.8) is 0 Å². The highest BCUT2D eigenvalue weighted by Crippen LogP contribution is 2.28. The molecular weight excluding hydrogens is 304 g/mol. The predicted octanol–water partition coefficient (Wildman–Crippen LogP) is 0.830. The van der Waals surface area contributed by atoms with Gasteiger partial charge in [-0.3, -0.25) is 15.0 Å². The third kappa shape index (κ3) is 2.90. The molecule has 2 unspecified atom stereocenters. The minimum atomic E-state index is -0.212. The molecule has 3 rings (SSSR count). The molecule has 0 aromatic heterocycles. The fourth-order valence-electron chi connectivity index (χ4n) is 2.83. The second-order valence-corrected chi connectivity index (χ2v) is 5.89. The molecular formula is C15H19ClN4O2. The van der Waals surface area contributed by atoms with E-state index in [0.29, 0.717) is 22.0 Å². The van der Waals surface area contributed by atoms with Gasteiger partial charge in [-0.25, -0.2) is 0 Å². The van der Waals surface area contributed by atoms with Crippen molar-refractivity contribution in [1.29, 1.82) is 0 Å². The van der Waals surface area contributed by atoms with E-state index in [1.54, 1.807) is 12.1 Å². The van der Waals surface area contributed by atoms with Gasteiger partial charge in [0.25, 0.3) is 5.91 Å². The van der Waals surface area contributed by atoms with Crippen LogP contribution in [0.1, 0.15) is 10.4 Å². The Balaban J connectivity index is 1.71. The van der Waals surface area contributed by atoms with Crippen molar-refractivity contribution in [3.8, 4) is 5.75 Å². The molecule has 6 nitrogen and oxygen atoms in total. The first-order valence-corrected chi connectivity index (χ1v) is 7.54. The van der Waals surface area contributed by atoms with E-state index in [0.717, 1.165) is 19.6 Å². The van der Waals surface area contributed by atoms with Gasteiger partial charge in [0.15, 0.2) is 0 Å². The number of hydrogen-bond donors (Lipinski definition) is 3. The number of ether oxygens (including phenoxy) is 1. The van der Waals surface area contributed by atoms with Gasteiger partial charge in [-0.2, -0.15) is 0 Å². The van der Waals surface area contributed by atoms with Gasteiger partial charge in [-0.15, -0.1) is 0 Å². The number of benzene rings is 1. The predicted molar refractivity (Wildman–Crippen MR) is 86.2 cm³/mol. The number of amides is 1. The number of halogens is 1. The molecule has 0 bridgehead atoms. The quantitative estimate of drug-likeness (QED) is 0.567. The van der Waals surface area contributed by atoms with Crippen LogP contribution in [0.5, 0.6) is 5.75 Å². The van der Waals surface area contributed by atoms with E-state index in [-0.39, 0.29) is 18.1 Å². The fourth-order valence-corrected chi connectivity index (χ4v) is 3.00. The molecule has 22 heavy (non-hydrogen) atoms. The number of fused-ring (bicyclic) bond motifs is 1. The Bertz CT molecular complexity index is 620. The summed E-state index contributed by atoms with van der Waals surface area (Å²) in [5.41, 5.74) is 6.52. The average molecular weight is 323 g/mol. The second kappa shape index (κ2) is 6.16. The smallest absolute Gasteiger partial charge is 0.255 e. The van der Waals surface area contributed by atoms with Crippen LogP contribution >= 0.6 is 11.6 Å². The van der Waals surface area contributed by atoms with E-state index in [2.05, 4.69) is 27.7 Å². The van der Waals surface area contributed by atoms with E-state index in [9.17, 15) is 4.79 Å². The molecule has 1 aromatic rings. The summed E-state index contributed by atoms with van der Waals surface area (Å²) in [5, 5.41) is 6.75. The van der Waals surface area contributed by atoms with Crippen LogP contribution in [0, 0.1) is 0 Å². The first-order chi connectivity index (χ1) is 10.6. The van der Waals surface area contributed by atoms with E-state index in [1.807, 2.05) is 0 Å². The summed E-state index contributed by atoms with van der Waals surface area (Å²) in [6.45, 7) is 2.44. The highest BCUT2D eigenvalue weighted by molar-refractivity contribution is 6.33. The minimum Gasteiger partial charge on any atom is -0.496 e. The van der Waals surface area contributed by atoms with Crippen LogP contribution < -0.4 is 21.1 Å². The molecule has 0 saturated carbocycles. The monoisotopic (exact) mass is 322 g/mol. The van der Waals surface area contributed by atoms with Gasteiger partial charge in [-0.1, -0.05) is 23.8 Å². The van der Waals surface area contributed by atoms with Crippen LogP contribution in [0.25, 0.3) is 0 Å². The lowest BCUT2D eigenvalue weighted by molar-refractivity contribution is 0.0890. The van der Waals surface area contributed by atoms with Crippen LogP contribution in [0.15, 0.2) is 24.3 Å². The number of anilines is 1. The number of hydrogen-bond acceptors (Lipinski definition) is 5. The van der Waals surface area contributed by atoms with Crippen LogP contribution in [-0.4, -0.2) is 49.8 Å². The molecule has 1 aromatic carbocycles. The first-order valence-electron chi connectivity index (χ1n) is 7.16. The molecule has 2 atom stereocenters. The molecule has 0 spiro atoms.